The van der Waals surface area contributed by atoms with Crippen LogP contribution in [0.3, 0.4) is 0 Å². The van der Waals surface area contributed by atoms with Crippen molar-refractivity contribution in [3.63, 3.8) is 0 Å². The van der Waals surface area contributed by atoms with Crippen LogP contribution >= 0.6 is 0 Å². The molecule has 106 valence electrons. The fourth-order valence-electron chi connectivity index (χ4n) is 2.86. The highest BCUT2D eigenvalue weighted by Crippen LogP contribution is 2.33. The van der Waals surface area contributed by atoms with Crippen molar-refractivity contribution < 1.29 is 8.83 Å². The molecule has 0 fully saturated rings. The standard InChI is InChI=1S/C16H10.C3H2O3/c1-3-11-7-9-13-5-2-6-14-10-8-12(4-1)15(11)16(13)14;4-3-5-1-2-6-3/h1-10H;1-2H. The molecule has 0 aliphatic heterocycles. The zero-order valence-corrected chi connectivity index (χ0v) is 11.7. The molecule has 0 bridgehead atoms. The molecule has 1 aromatic heterocycles. The molecule has 0 N–H and O–H groups in total. The monoisotopic (exact) mass is 288 g/mol. The Labute approximate surface area is 125 Å². The first kappa shape index (κ1) is 12.7. The smallest absolute Gasteiger partial charge is 0.399 e. The maximum atomic E-state index is 9.74. The van der Waals surface area contributed by atoms with Crippen molar-refractivity contribution in [2.75, 3.05) is 0 Å². The normalized spacial score (nSPS) is 10.9. The number of hydrogen-bond donors (Lipinski definition) is 0. The molecule has 1 heterocycles. The lowest BCUT2D eigenvalue weighted by molar-refractivity contribution is 0.385. The van der Waals surface area contributed by atoms with Gasteiger partial charge in [0.15, 0.2) is 0 Å². The quantitative estimate of drug-likeness (QED) is 0.384. The van der Waals surface area contributed by atoms with E-state index in [2.05, 4.69) is 69.5 Å². The molecule has 0 aliphatic carbocycles. The third-order valence-corrected chi connectivity index (χ3v) is 3.78. The van der Waals surface area contributed by atoms with Gasteiger partial charge in [0.2, 0.25) is 0 Å². The summed E-state index contributed by atoms with van der Waals surface area (Å²) in [5.74, 6) is -0.657. The van der Waals surface area contributed by atoms with E-state index in [-0.39, 0.29) is 0 Å². The summed E-state index contributed by atoms with van der Waals surface area (Å²) in [4.78, 5) is 9.74. The van der Waals surface area contributed by atoms with Gasteiger partial charge < -0.3 is 8.83 Å². The molecular weight excluding hydrogens is 276 g/mol. The fraction of sp³-hybridized carbons (Fsp3) is 0. The molecule has 22 heavy (non-hydrogen) atoms. The van der Waals surface area contributed by atoms with Crippen LogP contribution in [0.25, 0.3) is 32.3 Å². The third kappa shape index (κ3) is 2.04. The summed E-state index contributed by atoms with van der Waals surface area (Å²) in [7, 11) is 0. The van der Waals surface area contributed by atoms with Gasteiger partial charge in [-0.15, -0.1) is 0 Å². The highest BCUT2D eigenvalue weighted by molar-refractivity contribution is 6.22. The number of benzene rings is 4. The van der Waals surface area contributed by atoms with Gasteiger partial charge in [0.1, 0.15) is 12.5 Å². The van der Waals surface area contributed by atoms with Gasteiger partial charge in [-0.1, -0.05) is 60.7 Å². The topological polar surface area (TPSA) is 43.4 Å². The molecule has 0 saturated heterocycles. The van der Waals surface area contributed by atoms with E-state index in [0.717, 1.165) is 0 Å². The predicted octanol–water partition coefficient (Wildman–Crippen LogP) is 4.82. The molecule has 0 unspecified atom stereocenters. The minimum absolute atomic E-state index is 0.657. The van der Waals surface area contributed by atoms with Crippen molar-refractivity contribution in [1.82, 2.24) is 0 Å². The highest BCUT2D eigenvalue weighted by atomic mass is 16.5. The van der Waals surface area contributed by atoms with E-state index in [9.17, 15) is 4.79 Å². The molecule has 0 atom stereocenters. The lowest BCUT2D eigenvalue weighted by atomic mass is 9.95. The fourth-order valence-corrected chi connectivity index (χ4v) is 2.86. The van der Waals surface area contributed by atoms with Gasteiger partial charge in [-0.2, -0.15) is 0 Å². The first-order valence-corrected chi connectivity index (χ1v) is 6.98. The Morgan fingerprint density at radius 3 is 1.18 bits per heavy atom. The zero-order chi connectivity index (χ0) is 14.9. The van der Waals surface area contributed by atoms with Crippen LogP contribution in [0.4, 0.5) is 0 Å². The summed E-state index contributed by atoms with van der Waals surface area (Å²) in [6.45, 7) is 0. The van der Waals surface area contributed by atoms with Gasteiger partial charge >= 0.3 is 5.82 Å². The van der Waals surface area contributed by atoms with Crippen molar-refractivity contribution in [2.24, 2.45) is 0 Å². The Morgan fingerprint density at radius 2 is 0.909 bits per heavy atom. The van der Waals surface area contributed by atoms with Crippen molar-refractivity contribution in [3.8, 4) is 0 Å². The first-order chi connectivity index (χ1) is 10.8. The average molecular weight is 288 g/mol. The Morgan fingerprint density at radius 1 is 0.545 bits per heavy atom. The summed E-state index contributed by atoms with van der Waals surface area (Å²) in [6, 6.07) is 21.9. The minimum Gasteiger partial charge on any atom is -0.399 e. The summed E-state index contributed by atoms with van der Waals surface area (Å²) in [6.07, 6.45) is 2.37. The molecule has 4 aromatic carbocycles. The summed E-state index contributed by atoms with van der Waals surface area (Å²) >= 11 is 0. The van der Waals surface area contributed by atoms with Crippen molar-refractivity contribution in [3.05, 3.63) is 83.8 Å². The van der Waals surface area contributed by atoms with Crippen molar-refractivity contribution in [1.29, 1.82) is 0 Å². The Bertz CT molecular complexity index is 955. The molecule has 0 amide bonds. The van der Waals surface area contributed by atoms with Gasteiger partial charge in [0.05, 0.1) is 0 Å². The van der Waals surface area contributed by atoms with E-state index in [1.165, 1.54) is 44.8 Å². The highest BCUT2D eigenvalue weighted by Gasteiger charge is 2.05. The maximum absolute atomic E-state index is 9.74. The molecule has 0 aliphatic rings. The number of hydrogen-bond acceptors (Lipinski definition) is 3. The molecule has 0 radical (unpaired) electrons. The largest absolute Gasteiger partial charge is 0.518 e. The molecule has 0 spiro atoms. The second-order valence-corrected chi connectivity index (χ2v) is 5.05. The zero-order valence-electron chi connectivity index (χ0n) is 11.7. The average Bonchev–Trinajstić information content (AvgIpc) is 3.04. The first-order valence-electron chi connectivity index (χ1n) is 6.98. The second kappa shape index (κ2) is 5.04. The van der Waals surface area contributed by atoms with Crippen LogP contribution in [0.15, 0.2) is 86.8 Å². The van der Waals surface area contributed by atoms with Gasteiger partial charge in [-0.3, -0.25) is 0 Å². The Balaban J connectivity index is 0.000000177. The molecular formula is C19H12O3. The third-order valence-electron chi connectivity index (χ3n) is 3.78. The van der Waals surface area contributed by atoms with Crippen molar-refractivity contribution >= 4 is 32.3 Å². The van der Waals surface area contributed by atoms with Gasteiger partial charge in [-0.25, -0.2) is 4.79 Å². The van der Waals surface area contributed by atoms with E-state index >= 15 is 0 Å². The molecule has 3 heteroatoms. The van der Waals surface area contributed by atoms with Crippen LogP contribution in [0.5, 0.6) is 0 Å². The SMILES string of the molecule is O=c1occo1.c1cc2ccc3cccc4ccc(c1)c2c34. The van der Waals surface area contributed by atoms with E-state index in [0.29, 0.717) is 0 Å². The van der Waals surface area contributed by atoms with E-state index in [1.54, 1.807) is 0 Å². The van der Waals surface area contributed by atoms with Crippen LogP contribution in [-0.4, -0.2) is 0 Å². The van der Waals surface area contributed by atoms with Crippen LogP contribution < -0.4 is 5.82 Å². The Hall–Kier alpha value is -3.07. The lowest BCUT2D eigenvalue weighted by Crippen LogP contribution is -1.83. The van der Waals surface area contributed by atoms with E-state index < -0.39 is 5.82 Å². The van der Waals surface area contributed by atoms with E-state index in [4.69, 9.17) is 0 Å². The van der Waals surface area contributed by atoms with Crippen LogP contribution in [0, 0.1) is 0 Å². The van der Waals surface area contributed by atoms with Gasteiger partial charge in [-0.05, 0) is 32.3 Å². The lowest BCUT2D eigenvalue weighted by Gasteiger charge is -2.09. The Kier molecular flexibility index (Phi) is 2.90. The molecule has 3 nitrogen and oxygen atoms in total. The molecule has 0 saturated carbocycles. The second-order valence-electron chi connectivity index (χ2n) is 5.05. The van der Waals surface area contributed by atoms with Crippen LogP contribution in [0.2, 0.25) is 0 Å². The molecule has 5 aromatic rings. The van der Waals surface area contributed by atoms with E-state index in [1.807, 2.05) is 0 Å². The van der Waals surface area contributed by atoms with Crippen molar-refractivity contribution in [2.45, 2.75) is 0 Å². The number of rotatable bonds is 0. The summed E-state index contributed by atoms with van der Waals surface area (Å²) < 4.78 is 8.22. The predicted molar refractivity (Wildman–Crippen MR) is 87.4 cm³/mol. The van der Waals surface area contributed by atoms with Gasteiger partial charge in [0.25, 0.3) is 0 Å². The van der Waals surface area contributed by atoms with Crippen LogP contribution in [-0.2, 0) is 0 Å². The maximum Gasteiger partial charge on any atom is 0.518 e. The molecule has 5 rings (SSSR count). The summed E-state index contributed by atoms with van der Waals surface area (Å²) in [5.41, 5.74) is 0. The summed E-state index contributed by atoms with van der Waals surface area (Å²) in [5, 5.41) is 8.14. The minimum atomic E-state index is -0.657. The van der Waals surface area contributed by atoms with Gasteiger partial charge in [0, 0.05) is 0 Å². The van der Waals surface area contributed by atoms with Crippen LogP contribution in [0.1, 0.15) is 0 Å².